The van der Waals surface area contributed by atoms with Crippen LogP contribution >= 0.6 is 0 Å². The summed E-state index contributed by atoms with van der Waals surface area (Å²) in [6.45, 7) is 0. The third kappa shape index (κ3) is 4.07. The molecule has 0 saturated carbocycles. The third-order valence-corrected chi connectivity index (χ3v) is 9.97. The van der Waals surface area contributed by atoms with Gasteiger partial charge in [-0.05, 0) is 36.4 Å². The summed E-state index contributed by atoms with van der Waals surface area (Å²) in [5.74, 6) is 1.80. The van der Waals surface area contributed by atoms with Gasteiger partial charge in [-0.3, -0.25) is 4.57 Å². The summed E-state index contributed by atoms with van der Waals surface area (Å²) in [6.07, 6.45) is 0. The highest BCUT2D eigenvalue weighted by Crippen LogP contribution is 2.45. The van der Waals surface area contributed by atoms with Gasteiger partial charge in [-0.1, -0.05) is 127 Å². The first-order valence-electron chi connectivity index (χ1n) is 17.0. The number of benzene rings is 7. The lowest BCUT2D eigenvalue weighted by Gasteiger charge is -2.11. The van der Waals surface area contributed by atoms with E-state index >= 15 is 0 Å². The zero-order valence-corrected chi connectivity index (χ0v) is 27.2. The zero-order valence-electron chi connectivity index (χ0n) is 27.2. The van der Waals surface area contributed by atoms with Gasteiger partial charge in [0.05, 0.1) is 22.1 Å². The second-order valence-corrected chi connectivity index (χ2v) is 12.8. The first kappa shape index (κ1) is 27.9. The van der Waals surface area contributed by atoms with E-state index in [1.807, 2.05) is 72.8 Å². The topological polar surface area (TPSA) is 61.7 Å². The van der Waals surface area contributed by atoms with Crippen molar-refractivity contribution in [2.24, 2.45) is 0 Å². The number of para-hydroxylation sites is 3. The Morgan fingerprint density at radius 2 is 0.980 bits per heavy atom. The van der Waals surface area contributed by atoms with Crippen LogP contribution in [0.5, 0.6) is 0 Å². The molecule has 6 nitrogen and oxygen atoms in total. The minimum absolute atomic E-state index is 0.562. The molecule has 0 aliphatic rings. The molecule has 11 rings (SSSR count). The molecular formula is C45H27N5O. The van der Waals surface area contributed by atoms with E-state index in [2.05, 4.69) is 100 Å². The van der Waals surface area contributed by atoms with Gasteiger partial charge in [0.15, 0.2) is 17.2 Å². The second kappa shape index (κ2) is 10.7. The van der Waals surface area contributed by atoms with Crippen molar-refractivity contribution in [3.8, 4) is 34.4 Å². The van der Waals surface area contributed by atoms with Crippen molar-refractivity contribution in [2.75, 3.05) is 0 Å². The van der Waals surface area contributed by atoms with E-state index < -0.39 is 0 Å². The maximum atomic E-state index is 6.71. The number of furan rings is 1. The lowest BCUT2D eigenvalue weighted by Crippen LogP contribution is -2.06. The molecule has 238 valence electrons. The Morgan fingerprint density at radius 3 is 1.71 bits per heavy atom. The van der Waals surface area contributed by atoms with Crippen LogP contribution in [0.2, 0.25) is 0 Å². The number of rotatable bonds is 4. The van der Waals surface area contributed by atoms with Crippen LogP contribution in [-0.4, -0.2) is 24.1 Å². The maximum Gasteiger partial charge on any atom is 0.238 e. The first-order chi connectivity index (χ1) is 25.3. The van der Waals surface area contributed by atoms with E-state index in [-0.39, 0.29) is 0 Å². The Morgan fingerprint density at radius 1 is 0.392 bits per heavy atom. The predicted octanol–water partition coefficient (Wildman–Crippen LogP) is 11.3. The number of fused-ring (bicyclic) bond motifs is 11. The van der Waals surface area contributed by atoms with Gasteiger partial charge in [0.1, 0.15) is 5.58 Å². The molecule has 11 aromatic rings. The molecule has 0 bridgehead atoms. The fraction of sp³-hybridized carbons (Fsp3) is 0. The van der Waals surface area contributed by atoms with Gasteiger partial charge in [-0.15, -0.1) is 0 Å². The molecule has 0 spiro atoms. The molecule has 0 amide bonds. The lowest BCUT2D eigenvalue weighted by atomic mass is 10.1. The Bertz CT molecular complexity index is 3060. The largest absolute Gasteiger partial charge is 0.454 e. The van der Waals surface area contributed by atoms with Crippen LogP contribution in [0.15, 0.2) is 168 Å². The van der Waals surface area contributed by atoms with Crippen LogP contribution in [0.4, 0.5) is 0 Å². The summed E-state index contributed by atoms with van der Waals surface area (Å²) in [7, 11) is 0. The minimum Gasteiger partial charge on any atom is -0.454 e. The summed E-state index contributed by atoms with van der Waals surface area (Å²) in [5.41, 5.74) is 8.81. The van der Waals surface area contributed by atoms with Gasteiger partial charge in [0.25, 0.3) is 0 Å². The van der Waals surface area contributed by atoms with Crippen molar-refractivity contribution in [1.82, 2.24) is 24.1 Å². The van der Waals surface area contributed by atoms with Crippen LogP contribution in [0, 0.1) is 0 Å². The standard InChI is InChI=1S/C45H27N5O/c1-4-14-28(15-5-1)43-46-44(29-16-6-2-7-17-29)48-45(47-43)50-36-22-12-10-20-31(36)33-26-27-37-39(40(33)50)35-25-24-34-32-21-11-13-23-38(32)51-42(34)41(35)49(37)30-18-8-3-9-19-30/h1-27H. The molecule has 0 fully saturated rings. The average molecular weight is 654 g/mol. The molecule has 6 heteroatoms. The Kier molecular flexibility index (Phi) is 5.86. The van der Waals surface area contributed by atoms with Gasteiger partial charge >= 0.3 is 0 Å². The first-order valence-corrected chi connectivity index (χ1v) is 17.0. The van der Waals surface area contributed by atoms with Crippen LogP contribution in [-0.2, 0) is 0 Å². The molecule has 0 unspecified atom stereocenters. The van der Waals surface area contributed by atoms with Gasteiger partial charge < -0.3 is 8.98 Å². The number of aromatic nitrogens is 5. The van der Waals surface area contributed by atoms with E-state index in [9.17, 15) is 0 Å². The quantitative estimate of drug-likeness (QED) is 0.190. The second-order valence-electron chi connectivity index (χ2n) is 12.8. The molecule has 7 aromatic carbocycles. The molecule has 0 aliphatic carbocycles. The van der Waals surface area contributed by atoms with Crippen molar-refractivity contribution in [1.29, 1.82) is 0 Å². The molecule has 0 saturated heterocycles. The fourth-order valence-corrected chi connectivity index (χ4v) is 7.77. The van der Waals surface area contributed by atoms with Gasteiger partial charge in [0, 0.05) is 49.1 Å². The van der Waals surface area contributed by atoms with Gasteiger partial charge in [-0.2, -0.15) is 9.97 Å². The lowest BCUT2D eigenvalue weighted by molar-refractivity contribution is 0.671. The van der Waals surface area contributed by atoms with E-state index in [0.29, 0.717) is 17.6 Å². The predicted molar refractivity (Wildman–Crippen MR) is 207 cm³/mol. The summed E-state index contributed by atoms with van der Waals surface area (Å²) in [6, 6.07) is 56.5. The van der Waals surface area contributed by atoms with Gasteiger partial charge in [0.2, 0.25) is 5.95 Å². The van der Waals surface area contributed by atoms with Crippen LogP contribution in [0.1, 0.15) is 0 Å². The molecule has 51 heavy (non-hydrogen) atoms. The molecule has 0 radical (unpaired) electrons. The monoisotopic (exact) mass is 653 g/mol. The van der Waals surface area contributed by atoms with Crippen molar-refractivity contribution in [3.05, 3.63) is 164 Å². The molecular weight excluding hydrogens is 627 g/mol. The highest BCUT2D eigenvalue weighted by Gasteiger charge is 2.25. The number of hydrogen-bond acceptors (Lipinski definition) is 4. The van der Waals surface area contributed by atoms with Crippen LogP contribution < -0.4 is 0 Å². The van der Waals surface area contributed by atoms with Crippen LogP contribution in [0.3, 0.4) is 0 Å². The molecule has 0 atom stereocenters. The van der Waals surface area contributed by atoms with Gasteiger partial charge in [-0.25, -0.2) is 4.98 Å². The number of hydrogen-bond donors (Lipinski definition) is 0. The summed E-state index contributed by atoms with van der Waals surface area (Å²) in [4.78, 5) is 15.4. The van der Waals surface area contributed by atoms with E-state index in [4.69, 9.17) is 19.4 Å². The summed E-state index contributed by atoms with van der Waals surface area (Å²) < 4.78 is 11.3. The van der Waals surface area contributed by atoms with E-state index in [1.54, 1.807) is 0 Å². The SMILES string of the molecule is c1ccc(-c2nc(-c3ccccc3)nc(-n3c4ccccc4c4ccc5c(c6ccc7c8ccccc8oc7c6n5-c5ccccc5)c43)n2)cc1. The highest BCUT2D eigenvalue weighted by molar-refractivity contribution is 6.29. The molecule has 4 aromatic heterocycles. The van der Waals surface area contributed by atoms with Crippen molar-refractivity contribution in [3.63, 3.8) is 0 Å². The van der Waals surface area contributed by atoms with E-state index in [1.165, 1.54) is 0 Å². The Balaban J connectivity index is 1.34. The van der Waals surface area contributed by atoms with E-state index in [0.717, 1.165) is 82.4 Å². The zero-order chi connectivity index (χ0) is 33.5. The summed E-state index contributed by atoms with van der Waals surface area (Å²) >= 11 is 0. The molecule has 0 N–H and O–H groups in total. The Labute approximate surface area is 291 Å². The number of nitrogens with zero attached hydrogens (tertiary/aromatic N) is 5. The fourth-order valence-electron chi connectivity index (χ4n) is 7.77. The molecule has 0 aliphatic heterocycles. The van der Waals surface area contributed by atoms with Crippen molar-refractivity contribution in [2.45, 2.75) is 0 Å². The third-order valence-electron chi connectivity index (χ3n) is 9.97. The average Bonchev–Trinajstić information content (AvgIpc) is 3.86. The minimum atomic E-state index is 0.562. The van der Waals surface area contributed by atoms with Crippen molar-refractivity contribution >= 4 is 65.6 Å². The Hall–Kier alpha value is -7.05. The maximum absolute atomic E-state index is 6.71. The normalized spacial score (nSPS) is 11.9. The highest BCUT2D eigenvalue weighted by atomic mass is 16.3. The van der Waals surface area contributed by atoms with Crippen molar-refractivity contribution < 1.29 is 4.42 Å². The van der Waals surface area contributed by atoms with Crippen LogP contribution in [0.25, 0.3) is 100.0 Å². The molecule has 4 heterocycles. The smallest absolute Gasteiger partial charge is 0.238 e. The summed E-state index contributed by atoms with van der Waals surface area (Å²) in [5, 5.41) is 6.64.